The quantitative estimate of drug-likeness (QED) is 0.523. The Kier molecular flexibility index (Phi) is 4.30. The van der Waals surface area contributed by atoms with Gasteiger partial charge in [0.2, 0.25) is 0 Å². The Morgan fingerprint density at radius 2 is 2.17 bits per heavy atom. The number of nitrogens with two attached hydrogens (primary N) is 1. The van der Waals surface area contributed by atoms with E-state index in [1.165, 1.54) is 11.8 Å². The van der Waals surface area contributed by atoms with E-state index in [4.69, 9.17) is 5.73 Å². The van der Waals surface area contributed by atoms with Crippen LogP contribution in [0, 0.1) is 0 Å². The predicted molar refractivity (Wildman–Crippen MR) is 79.1 cm³/mol. The van der Waals surface area contributed by atoms with Crippen LogP contribution in [0.1, 0.15) is 12.6 Å². The third-order valence-corrected chi connectivity index (χ3v) is 2.92. The first-order valence-corrected chi connectivity index (χ1v) is 6.63. The first-order valence-electron chi connectivity index (χ1n) is 5.64. The molecule has 1 aromatic carbocycles. The topological polar surface area (TPSA) is 63.6 Å². The van der Waals surface area contributed by atoms with E-state index in [1.54, 1.807) is 6.21 Å². The zero-order valence-corrected chi connectivity index (χ0v) is 10.9. The summed E-state index contributed by atoms with van der Waals surface area (Å²) in [5.74, 6) is 0.888. The molecule has 0 fully saturated rings. The number of nitrogens with zero attached hydrogens (tertiary/aromatic N) is 3. The first kappa shape index (κ1) is 12.6. The molecule has 0 aliphatic heterocycles. The number of amidine groups is 1. The third kappa shape index (κ3) is 3.30. The van der Waals surface area contributed by atoms with Gasteiger partial charge in [0.1, 0.15) is 0 Å². The van der Waals surface area contributed by atoms with Gasteiger partial charge in [-0.3, -0.25) is 0 Å². The van der Waals surface area contributed by atoms with Crippen LogP contribution in [-0.2, 0) is 0 Å². The van der Waals surface area contributed by atoms with Gasteiger partial charge in [0.05, 0.1) is 17.4 Å². The van der Waals surface area contributed by atoms with E-state index >= 15 is 0 Å². The Hall–Kier alpha value is -1.88. The summed E-state index contributed by atoms with van der Waals surface area (Å²) in [6.45, 7) is 2.02. The third-order valence-electron chi connectivity index (χ3n) is 2.26. The van der Waals surface area contributed by atoms with Crippen LogP contribution in [0.3, 0.4) is 0 Å². The summed E-state index contributed by atoms with van der Waals surface area (Å²) in [5.41, 5.74) is 7.33. The molecule has 0 aliphatic carbocycles. The minimum Gasteiger partial charge on any atom is -0.377 e. The van der Waals surface area contributed by atoms with Crippen LogP contribution in [0.2, 0.25) is 0 Å². The largest absolute Gasteiger partial charge is 0.377 e. The Morgan fingerprint density at radius 3 is 3.00 bits per heavy atom. The number of rotatable bonds is 3. The van der Waals surface area contributed by atoms with Crippen LogP contribution in [0.4, 0.5) is 0 Å². The van der Waals surface area contributed by atoms with Crippen molar-refractivity contribution >= 4 is 34.0 Å². The molecule has 5 heteroatoms. The lowest BCUT2D eigenvalue weighted by Gasteiger charge is -1.97. The molecule has 4 nitrogen and oxygen atoms in total. The second-order valence-electron chi connectivity index (χ2n) is 3.54. The molecule has 0 bridgehead atoms. The smallest absolute Gasteiger partial charge is 0.180 e. The Morgan fingerprint density at radius 1 is 1.33 bits per heavy atom. The lowest BCUT2D eigenvalue weighted by Crippen LogP contribution is -2.05. The lowest BCUT2D eigenvalue weighted by atomic mass is 10.2. The number of fused-ring (bicyclic) bond motifs is 1. The number of hydrogen-bond acceptors (Lipinski definition) is 4. The van der Waals surface area contributed by atoms with Crippen molar-refractivity contribution in [3.05, 3.63) is 42.1 Å². The van der Waals surface area contributed by atoms with Crippen LogP contribution in [0.5, 0.6) is 0 Å². The molecule has 2 N–H and O–H groups in total. The second-order valence-corrected chi connectivity index (χ2v) is 4.83. The van der Waals surface area contributed by atoms with Crippen LogP contribution in [0.25, 0.3) is 10.9 Å². The van der Waals surface area contributed by atoms with Gasteiger partial charge in [-0.15, -0.1) is 5.10 Å². The molecular weight excluding hydrogens is 244 g/mol. The zero-order valence-electron chi connectivity index (χ0n) is 10.1. The molecule has 1 heterocycles. The van der Waals surface area contributed by atoms with Gasteiger partial charge in [0.15, 0.2) is 5.17 Å². The van der Waals surface area contributed by atoms with Gasteiger partial charge in [-0.05, 0) is 17.9 Å². The number of para-hydroxylation sites is 1. The minimum absolute atomic E-state index is 0.467. The number of aromatic nitrogens is 1. The summed E-state index contributed by atoms with van der Waals surface area (Å²) in [4.78, 5) is 4.45. The molecule has 0 amide bonds. The van der Waals surface area contributed by atoms with Crippen molar-refractivity contribution in [1.82, 2.24) is 4.98 Å². The molecule has 0 atom stereocenters. The predicted octanol–water partition coefficient (Wildman–Crippen LogP) is 2.64. The molecular formula is C13H14N4S. The minimum atomic E-state index is 0.467. The summed E-state index contributed by atoms with van der Waals surface area (Å²) in [7, 11) is 0. The molecule has 18 heavy (non-hydrogen) atoms. The van der Waals surface area contributed by atoms with E-state index < -0.39 is 0 Å². The summed E-state index contributed by atoms with van der Waals surface area (Å²) in [6, 6.07) is 11.9. The fourth-order valence-corrected chi connectivity index (χ4v) is 1.88. The summed E-state index contributed by atoms with van der Waals surface area (Å²) < 4.78 is 0. The number of pyridine rings is 1. The molecule has 0 saturated carbocycles. The van der Waals surface area contributed by atoms with Crippen molar-refractivity contribution in [2.45, 2.75) is 6.92 Å². The molecule has 2 aromatic rings. The maximum absolute atomic E-state index is 5.62. The summed E-state index contributed by atoms with van der Waals surface area (Å²) in [5, 5.41) is 9.38. The number of benzene rings is 1. The van der Waals surface area contributed by atoms with Crippen molar-refractivity contribution < 1.29 is 0 Å². The number of hydrogen-bond donors (Lipinski definition) is 1. The second kappa shape index (κ2) is 6.16. The lowest BCUT2D eigenvalue weighted by molar-refractivity contribution is 1.24. The van der Waals surface area contributed by atoms with Crippen molar-refractivity contribution in [1.29, 1.82) is 0 Å². The molecule has 1 aromatic heterocycles. The Labute approximate surface area is 110 Å². The molecule has 0 aliphatic rings. The summed E-state index contributed by atoms with van der Waals surface area (Å²) >= 11 is 1.46. The van der Waals surface area contributed by atoms with Gasteiger partial charge in [-0.1, -0.05) is 43.0 Å². The Bertz CT molecular complexity index is 592. The average Bonchev–Trinajstić information content (AvgIpc) is 2.39. The van der Waals surface area contributed by atoms with Gasteiger partial charge in [-0.2, -0.15) is 5.10 Å². The van der Waals surface area contributed by atoms with Crippen molar-refractivity contribution in [2.24, 2.45) is 15.9 Å². The van der Waals surface area contributed by atoms with Crippen molar-refractivity contribution in [3.63, 3.8) is 0 Å². The van der Waals surface area contributed by atoms with Crippen molar-refractivity contribution in [3.8, 4) is 0 Å². The standard InChI is InChI=1S/C13H14N4S/c1-2-18-13(14)17-15-9-11-8-7-10-5-3-4-6-12(10)16-11/h3-9H,2H2,1H3,(H2,14,17)/b15-9+. The SMILES string of the molecule is CCS/C(N)=N/N=C/c1ccc2ccccc2n1. The van der Waals surface area contributed by atoms with E-state index in [1.807, 2.05) is 43.3 Å². The van der Waals surface area contributed by atoms with Gasteiger partial charge >= 0.3 is 0 Å². The van der Waals surface area contributed by atoms with E-state index in [0.29, 0.717) is 5.17 Å². The highest BCUT2D eigenvalue weighted by Gasteiger charge is 1.94. The van der Waals surface area contributed by atoms with E-state index in [-0.39, 0.29) is 0 Å². The molecule has 92 valence electrons. The van der Waals surface area contributed by atoms with Gasteiger partial charge < -0.3 is 5.73 Å². The van der Waals surface area contributed by atoms with E-state index in [9.17, 15) is 0 Å². The highest BCUT2D eigenvalue weighted by Crippen LogP contribution is 2.10. The first-order chi connectivity index (χ1) is 8.79. The summed E-state index contributed by atoms with van der Waals surface area (Å²) in [6.07, 6.45) is 1.61. The molecule has 0 unspecified atom stereocenters. The normalized spacial score (nSPS) is 12.4. The van der Waals surface area contributed by atoms with Gasteiger partial charge in [0, 0.05) is 5.39 Å². The monoisotopic (exact) mass is 258 g/mol. The molecule has 0 spiro atoms. The van der Waals surface area contributed by atoms with E-state index in [0.717, 1.165) is 22.3 Å². The van der Waals surface area contributed by atoms with Crippen LogP contribution >= 0.6 is 11.8 Å². The fraction of sp³-hybridized carbons (Fsp3) is 0.154. The molecule has 0 radical (unpaired) electrons. The van der Waals surface area contributed by atoms with E-state index in [2.05, 4.69) is 15.2 Å². The average molecular weight is 258 g/mol. The van der Waals surface area contributed by atoms with Crippen LogP contribution in [0.15, 0.2) is 46.6 Å². The van der Waals surface area contributed by atoms with Crippen molar-refractivity contribution in [2.75, 3.05) is 5.75 Å². The van der Waals surface area contributed by atoms with Crippen LogP contribution < -0.4 is 5.73 Å². The Balaban J connectivity index is 2.17. The molecule has 0 saturated heterocycles. The number of thioether (sulfide) groups is 1. The van der Waals surface area contributed by atoms with Crippen LogP contribution in [-0.4, -0.2) is 22.1 Å². The van der Waals surface area contributed by atoms with Gasteiger partial charge in [-0.25, -0.2) is 4.98 Å². The zero-order chi connectivity index (χ0) is 12.8. The van der Waals surface area contributed by atoms with Gasteiger partial charge in [0.25, 0.3) is 0 Å². The highest BCUT2D eigenvalue weighted by molar-refractivity contribution is 8.13. The highest BCUT2D eigenvalue weighted by atomic mass is 32.2. The molecule has 2 rings (SSSR count). The maximum atomic E-state index is 5.62. The fourth-order valence-electron chi connectivity index (χ4n) is 1.48. The maximum Gasteiger partial charge on any atom is 0.180 e.